The van der Waals surface area contributed by atoms with Gasteiger partial charge in [-0.3, -0.25) is 4.98 Å². The molecule has 1 aromatic heterocycles. The molecule has 0 spiro atoms. The second-order valence-corrected chi connectivity index (χ2v) is 3.40. The Bertz CT molecular complexity index is 529. The molecule has 1 aromatic carbocycles. The maximum atomic E-state index is 9.50. The summed E-state index contributed by atoms with van der Waals surface area (Å²) in [7, 11) is 0. The van der Waals surface area contributed by atoms with Gasteiger partial charge in [0.25, 0.3) is 0 Å². The fraction of sp³-hybridized carbons (Fsp3) is 0.0769. The summed E-state index contributed by atoms with van der Waals surface area (Å²) in [5.74, 6) is 0.0706. The summed E-state index contributed by atoms with van der Waals surface area (Å²) < 4.78 is 0. The van der Waals surface area contributed by atoms with Gasteiger partial charge in [-0.05, 0) is 6.07 Å². The highest BCUT2D eigenvalue weighted by molar-refractivity contribution is 5.60. The minimum Gasteiger partial charge on any atom is -0.506 e. The molecule has 0 fully saturated rings. The molecule has 2 rings (SSSR count). The maximum Gasteiger partial charge on any atom is 0.138 e. The van der Waals surface area contributed by atoms with Gasteiger partial charge in [-0.2, -0.15) is 5.26 Å². The predicted molar refractivity (Wildman–Crippen MR) is 60.7 cm³/mol. The molecule has 16 heavy (non-hydrogen) atoms. The first-order valence-corrected chi connectivity index (χ1v) is 4.91. The molecular formula is C13H10N2O. The van der Waals surface area contributed by atoms with Gasteiger partial charge in [0.05, 0.1) is 24.4 Å². The van der Waals surface area contributed by atoms with E-state index in [-0.39, 0.29) is 12.2 Å². The minimum atomic E-state index is 0.0706. The second-order valence-electron chi connectivity index (χ2n) is 3.40. The van der Waals surface area contributed by atoms with Gasteiger partial charge in [0.1, 0.15) is 5.75 Å². The van der Waals surface area contributed by atoms with Gasteiger partial charge < -0.3 is 5.11 Å². The number of hydrogen-bond acceptors (Lipinski definition) is 3. The van der Waals surface area contributed by atoms with Crippen LogP contribution in [0.3, 0.4) is 0 Å². The fourth-order valence-electron chi connectivity index (χ4n) is 1.48. The Kier molecular flexibility index (Phi) is 2.84. The maximum absolute atomic E-state index is 9.50. The van der Waals surface area contributed by atoms with E-state index >= 15 is 0 Å². The van der Waals surface area contributed by atoms with Crippen LogP contribution < -0.4 is 0 Å². The molecule has 0 unspecified atom stereocenters. The smallest absolute Gasteiger partial charge is 0.138 e. The number of aromatic hydroxyl groups is 1. The topological polar surface area (TPSA) is 56.9 Å². The molecule has 0 atom stereocenters. The quantitative estimate of drug-likeness (QED) is 0.828. The van der Waals surface area contributed by atoms with E-state index in [4.69, 9.17) is 5.26 Å². The average molecular weight is 210 g/mol. The minimum absolute atomic E-state index is 0.0706. The van der Waals surface area contributed by atoms with Crippen molar-refractivity contribution in [3.63, 3.8) is 0 Å². The van der Waals surface area contributed by atoms with Crippen molar-refractivity contribution in [2.75, 3.05) is 0 Å². The average Bonchev–Trinajstić information content (AvgIpc) is 2.33. The van der Waals surface area contributed by atoms with Crippen LogP contribution in [0.5, 0.6) is 5.75 Å². The summed E-state index contributed by atoms with van der Waals surface area (Å²) in [5, 5.41) is 18.1. The molecule has 1 heterocycles. The first kappa shape index (κ1) is 10.2. The van der Waals surface area contributed by atoms with Crippen LogP contribution in [0.25, 0.3) is 11.3 Å². The van der Waals surface area contributed by atoms with E-state index < -0.39 is 0 Å². The lowest BCUT2D eigenvalue weighted by atomic mass is 10.1. The highest BCUT2D eigenvalue weighted by atomic mass is 16.3. The van der Waals surface area contributed by atoms with E-state index in [9.17, 15) is 5.11 Å². The molecule has 0 aliphatic carbocycles. The molecule has 0 bridgehead atoms. The van der Waals surface area contributed by atoms with Crippen LogP contribution in [0, 0.1) is 11.3 Å². The van der Waals surface area contributed by atoms with Gasteiger partial charge in [0, 0.05) is 11.1 Å². The Hall–Kier alpha value is -2.34. The van der Waals surface area contributed by atoms with Gasteiger partial charge in [0.2, 0.25) is 0 Å². The Morgan fingerprint density at radius 3 is 2.69 bits per heavy atom. The molecule has 3 nitrogen and oxygen atoms in total. The summed E-state index contributed by atoms with van der Waals surface area (Å²) in [6.45, 7) is 0. The molecule has 0 amide bonds. The molecule has 0 saturated heterocycles. The van der Waals surface area contributed by atoms with Crippen LogP contribution in [-0.4, -0.2) is 10.1 Å². The summed E-state index contributed by atoms with van der Waals surface area (Å²) in [6, 6.07) is 13.4. The SMILES string of the molecule is N#CCc1cc(-c2ccccc2)ncc1O. The van der Waals surface area contributed by atoms with Crippen LogP contribution in [0.1, 0.15) is 5.56 Å². The van der Waals surface area contributed by atoms with E-state index in [0.717, 1.165) is 11.3 Å². The Morgan fingerprint density at radius 2 is 2.00 bits per heavy atom. The van der Waals surface area contributed by atoms with Crippen molar-refractivity contribution < 1.29 is 5.11 Å². The van der Waals surface area contributed by atoms with E-state index in [1.807, 2.05) is 36.4 Å². The number of hydrogen-bond donors (Lipinski definition) is 1. The number of nitrogens with zero attached hydrogens (tertiary/aromatic N) is 2. The van der Waals surface area contributed by atoms with Gasteiger partial charge in [-0.25, -0.2) is 0 Å². The molecule has 0 radical (unpaired) electrons. The van der Waals surface area contributed by atoms with Crippen LogP contribution in [0.2, 0.25) is 0 Å². The first-order valence-electron chi connectivity index (χ1n) is 4.91. The van der Waals surface area contributed by atoms with Crippen LogP contribution in [0.4, 0.5) is 0 Å². The van der Waals surface area contributed by atoms with Gasteiger partial charge in [-0.15, -0.1) is 0 Å². The standard InChI is InChI=1S/C13H10N2O/c14-7-6-11-8-12(15-9-13(11)16)10-4-2-1-3-5-10/h1-5,8-9,16H,6H2. The van der Waals surface area contributed by atoms with E-state index in [0.29, 0.717) is 5.56 Å². The number of nitriles is 1. The summed E-state index contributed by atoms with van der Waals surface area (Å²) >= 11 is 0. The molecule has 0 saturated carbocycles. The van der Waals surface area contributed by atoms with E-state index in [1.54, 1.807) is 6.07 Å². The van der Waals surface area contributed by atoms with Crippen molar-refractivity contribution in [2.24, 2.45) is 0 Å². The Labute approximate surface area is 93.6 Å². The highest BCUT2D eigenvalue weighted by Crippen LogP contribution is 2.23. The van der Waals surface area contributed by atoms with E-state index in [1.165, 1.54) is 6.20 Å². The molecular weight excluding hydrogens is 200 g/mol. The molecule has 0 aliphatic rings. The van der Waals surface area contributed by atoms with Crippen LogP contribution >= 0.6 is 0 Å². The van der Waals surface area contributed by atoms with Crippen molar-refractivity contribution in [1.82, 2.24) is 4.98 Å². The normalized spacial score (nSPS) is 9.69. The molecule has 3 heteroatoms. The van der Waals surface area contributed by atoms with Crippen molar-refractivity contribution >= 4 is 0 Å². The third-order valence-electron chi connectivity index (χ3n) is 2.30. The number of rotatable bonds is 2. The lowest BCUT2D eigenvalue weighted by molar-refractivity contribution is 0.467. The third-order valence-corrected chi connectivity index (χ3v) is 2.30. The lowest BCUT2D eigenvalue weighted by Gasteiger charge is -2.04. The number of pyridine rings is 1. The van der Waals surface area contributed by atoms with Crippen molar-refractivity contribution in [1.29, 1.82) is 5.26 Å². The molecule has 78 valence electrons. The fourth-order valence-corrected chi connectivity index (χ4v) is 1.48. The highest BCUT2D eigenvalue weighted by Gasteiger charge is 2.05. The van der Waals surface area contributed by atoms with Crippen molar-refractivity contribution in [3.8, 4) is 23.1 Å². The van der Waals surface area contributed by atoms with Gasteiger partial charge >= 0.3 is 0 Å². The zero-order chi connectivity index (χ0) is 11.4. The zero-order valence-electron chi connectivity index (χ0n) is 8.59. The zero-order valence-corrected chi connectivity index (χ0v) is 8.59. The number of benzene rings is 1. The van der Waals surface area contributed by atoms with E-state index in [2.05, 4.69) is 4.98 Å². The monoisotopic (exact) mass is 210 g/mol. The predicted octanol–water partition coefficient (Wildman–Crippen LogP) is 2.52. The third kappa shape index (κ3) is 2.01. The first-order chi connectivity index (χ1) is 7.81. The lowest BCUT2D eigenvalue weighted by Crippen LogP contribution is -1.88. The van der Waals surface area contributed by atoms with Crippen molar-refractivity contribution in [2.45, 2.75) is 6.42 Å². The van der Waals surface area contributed by atoms with Crippen molar-refractivity contribution in [3.05, 3.63) is 48.2 Å². The molecule has 2 aromatic rings. The largest absolute Gasteiger partial charge is 0.506 e. The van der Waals surface area contributed by atoms with Gasteiger partial charge in [-0.1, -0.05) is 30.3 Å². The summed E-state index contributed by atoms with van der Waals surface area (Å²) in [5.41, 5.74) is 2.35. The summed E-state index contributed by atoms with van der Waals surface area (Å²) in [4.78, 5) is 4.13. The Morgan fingerprint density at radius 1 is 1.25 bits per heavy atom. The van der Waals surface area contributed by atoms with Gasteiger partial charge in [0.15, 0.2) is 0 Å². The molecule has 1 N–H and O–H groups in total. The molecule has 0 aliphatic heterocycles. The number of aromatic nitrogens is 1. The van der Waals surface area contributed by atoms with Crippen LogP contribution in [-0.2, 0) is 6.42 Å². The van der Waals surface area contributed by atoms with Crippen LogP contribution in [0.15, 0.2) is 42.6 Å². The Balaban J connectivity index is 2.45. The summed E-state index contributed by atoms with van der Waals surface area (Å²) in [6.07, 6.45) is 1.57. The second kappa shape index (κ2) is 4.45.